The highest BCUT2D eigenvalue weighted by atomic mass is 16.2. The fourth-order valence-corrected chi connectivity index (χ4v) is 3.28. The maximum Gasteiger partial charge on any atom is 0.224 e. The van der Waals surface area contributed by atoms with Crippen molar-refractivity contribution in [1.29, 1.82) is 5.26 Å². The van der Waals surface area contributed by atoms with E-state index in [-0.39, 0.29) is 18.0 Å². The Morgan fingerprint density at radius 2 is 2.00 bits per heavy atom. The summed E-state index contributed by atoms with van der Waals surface area (Å²) in [5, 5.41) is 12.7. The van der Waals surface area contributed by atoms with Crippen LogP contribution in [0.1, 0.15) is 37.4 Å². The first kappa shape index (κ1) is 15.1. The standard InChI is InChI=1S/C19H19N3O/c1-13-10-18(21-16-6-4-3-5-7-16)17-9-8-15(12-20)11-19(17)22(13)14(2)23/h3-9,11,13,18,21H,10H2,1-2H3/t13-,18+/m0/s1. The third kappa shape index (κ3) is 2.91. The molecular formula is C19H19N3O. The quantitative estimate of drug-likeness (QED) is 0.916. The molecule has 0 fully saturated rings. The van der Waals surface area contributed by atoms with Crippen molar-refractivity contribution in [2.24, 2.45) is 0 Å². The minimum atomic E-state index is 0.00648. The number of carbonyl (C=O) groups excluding carboxylic acids is 1. The van der Waals surface area contributed by atoms with Crippen LogP contribution in [0, 0.1) is 11.3 Å². The summed E-state index contributed by atoms with van der Waals surface area (Å²) in [5.74, 6) is 0.00648. The first-order valence-corrected chi connectivity index (χ1v) is 7.75. The second kappa shape index (κ2) is 6.13. The number of nitriles is 1. The Kier molecular flexibility index (Phi) is 4.03. The minimum absolute atomic E-state index is 0.00648. The lowest BCUT2D eigenvalue weighted by atomic mass is 9.90. The van der Waals surface area contributed by atoms with Crippen molar-refractivity contribution in [3.05, 3.63) is 59.7 Å². The van der Waals surface area contributed by atoms with Crippen LogP contribution in [-0.4, -0.2) is 11.9 Å². The van der Waals surface area contributed by atoms with Gasteiger partial charge in [0.15, 0.2) is 0 Å². The largest absolute Gasteiger partial charge is 0.378 e. The van der Waals surface area contributed by atoms with Gasteiger partial charge in [-0.2, -0.15) is 5.26 Å². The zero-order valence-corrected chi connectivity index (χ0v) is 13.3. The van der Waals surface area contributed by atoms with Crippen molar-refractivity contribution in [2.45, 2.75) is 32.4 Å². The fourth-order valence-electron chi connectivity index (χ4n) is 3.28. The molecule has 2 atom stereocenters. The average molecular weight is 305 g/mol. The molecule has 0 saturated heterocycles. The van der Waals surface area contributed by atoms with Crippen molar-refractivity contribution in [3.8, 4) is 6.07 Å². The number of fused-ring (bicyclic) bond motifs is 1. The number of hydrogen-bond donors (Lipinski definition) is 1. The van der Waals surface area contributed by atoms with E-state index in [1.54, 1.807) is 11.8 Å². The van der Waals surface area contributed by atoms with Crippen LogP contribution in [0.2, 0.25) is 0 Å². The maximum atomic E-state index is 12.1. The Balaban J connectivity index is 2.03. The molecule has 4 nitrogen and oxygen atoms in total. The molecule has 0 unspecified atom stereocenters. The van der Waals surface area contributed by atoms with Gasteiger partial charge in [-0.15, -0.1) is 0 Å². The maximum absolute atomic E-state index is 12.1. The van der Waals surface area contributed by atoms with E-state index in [2.05, 4.69) is 11.4 Å². The lowest BCUT2D eigenvalue weighted by Crippen LogP contribution is -2.43. The first-order chi connectivity index (χ1) is 11.1. The van der Waals surface area contributed by atoms with E-state index >= 15 is 0 Å². The van der Waals surface area contributed by atoms with Gasteiger partial charge in [-0.05, 0) is 43.2 Å². The van der Waals surface area contributed by atoms with Crippen LogP contribution >= 0.6 is 0 Å². The molecule has 4 heteroatoms. The van der Waals surface area contributed by atoms with E-state index in [4.69, 9.17) is 5.26 Å². The van der Waals surface area contributed by atoms with Gasteiger partial charge in [0.25, 0.3) is 0 Å². The van der Waals surface area contributed by atoms with E-state index in [1.807, 2.05) is 55.5 Å². The Morgan fingerprint density at radius 1 is 1.26 bits per heavy atom. The third-order valence-electron chi connectivity index (χ3n) is 4.27. The minimum Gasteiger partial charge on any atom is -0.378 e. The van der Waals surface area contributed by atoms with Gasteiger partial charge >= 0.3 is 0 Å². The Hall–Kier alpha value is -2.80. The summed E-state index contributed by atoms with van der Waals surface area (Å²) < 4.78 is 0. The van der Waals surface area contributed by atoms with E-state index in [9.17, 15) is 4.79 Å². The van der Waals surface area contributed by atoms with Crippen LogP contribution in [0.4, 0.5) is 11.4 Å². The Labute approximate surface area is 136 Å². The number of rotatable bonds is 2. The van der Waals surface area contributed by atoms with Crippen LogP contribution < -0.4 is 10.2 Å². The summed E-state index contributed by atoms with van der Waals surface area (Å²) in [5.41, 5.74) is 3.52. The summed E-state index contributed by atoms with van der Waals surface area (Å²) in [6, 6.07) is 18.0. The topological polar surface area (TPSA) is 56.1 Å². The van der Waals surface area contributed by atoms with Gasteiger partial charge in [0, 0.05) is 18.7 Å². The molecule has 1 aliphatic heterocycles. The number of carbonyl (C=O) groups is 1. The van der Waals surface area contributed by atoms with Gasteiger partial charge in [0.05, 0.1) is 23.4 Å². The molecule has 1 N–H and O–H groups in total. The number of nitrogens with one attached hydrogen (secondary N) is 1. The van der Waals surface area contributed by atoms with Crippen molar-refractivity contribution >= 4 is 17.3 Å². The monoisotopic (exact) mass is 305 g/mol. The van der Waals surface area contributed by atoms with Crippen LogP contribution in [0.15, 0.2) is 48.5 Å². The zero-order chi connectivity index (χ0) is 16.4. The molecule has 0 aliphatic carbocycles. The van der Waals surface area contributed by atoms with Crippen molar-refractivity contribution in [3.63, 3.8) is 0 Å². The summed E-state index contributed by atoms with van der Waals surface area (Å²) >= 11 is 0. The fraction of sp³-hybridized carbons (Fsp3) is 0.263. The molecule has 116 valence electrons. The Bertz CT molecular complexity index is 764. The van der Waals surface area contributed by atoms with Gasteiger partial charge in [-0.1, -0.05) is 24.3 Å². The lowest BCUT2D eigenvalue weighted by molar-refractivity contribution is -0.117. The van der Waals surface area contributed by atoms with Gasteiger partial charge in [-0.25, -0.2) is 0 Å². The number of para-hydroxylation sites is 1. The molecule has 0 radical (unpaired) electrons. The predicted octanol–water partition coefficient (Wildman–Crippen LogP) is 3.86. The van der Waals surface area contributed by atoms with Crippen LogP contribution in [0.3, 0.4) is 0 Å². The highest BCUT2D eigenvalue weighted by Gasteiger charge is 2.32. The highest BCUT2D eigenvalue weighted by molar-refractivity contribution is 5.94. The van der Waals surface area contributed by atoms with Gasteiger partial charge < -0.3 is 10.2 Å². The van der Waals surface area contributed by atoms with Gasteiger partial charge in [-0.3, -0.25) is 4.79 Å². The summed E-state index contributed by atoms with van der Waals surface area (Å²) in [4.78, 5) is 13.9. The molecule has 1 aliphatic rings. The summed E-state index contributed by atoms with van der Waals surface area (Å²) in [6.07, 6.45) is 0.827. The summed E-state index contributed by atoms with van der Waals surface area (Å²) in [7, 11) is 0. The molecule has 1 heterocycles. The lowest BCUT2D eigenvalue weighted by Gasteiger charge is -2.39. The molecule has 0 saturated carbocycles. The second-order valence-electron chi connectivity index (χ2n) is 5.92. The molecule has 1 amide bonds. The predicted molar refractivity (Wildman–Crippen MR) is 91.2 cm³/mol. The molecule has 0 aromatic heterocycles. The Morgan fingerprint density at radius 3 is 2.65 bits per heavy atom. The molecule has 0 bridgehead atoms. The van der Waals surface area contributed by atoms with Gasteiger partial charge in [0.1, 0.15) is 0 Å². The number of amides is 1. The molecule has 2 aromatic carbocycles. The number of hydrogen-bond acceptors (Lipinski definition) is 3. The van der Waals surface area contributed by atoms with Crippen molar-refractivity contribution < 1.29 is 4.79 Å². The second-order valence-corrected chi connectivity index (χ2v) is 5.92. The van der Waals surface area contributed by atoms with E-state index in [1.165, 1.54) is 0 Å². The van der Waals surface area contributed by atoms with E-state index in [0.717, 1.165) is 23.4 Å². The summed E-state index contributed by atoms with van der Waals surface area (Å²) in [6.45, 7) is 3.62. The third-order valence-corrected chi connectivity index (χ3v) is 4.27. The van der Waals surface area contributed by atoms with Crippen LogP contribution in [0.5, 0.6) is 0 Å². The SMILES string of the molecule is CC(=O)N1c2cc(C#N)ccc2[C@H](Nc2ccccc2)C[C@@H]1C. The van der Waals surface area contributed by atoms with Crippen LogP contribution in [0.25, 0.3) is 0 Å². The molecule has 0 spiro atoms. The average Bonchev–Trinajstić information content (AvgIpc) is 2.54. The highest BCUT2D eigenvalue weighted by Crippen LogP contribution is 2.39. The number of nitrogens with zero attached hydrogens (tertiary/aromatic N) is 2. The van der Waals surface area contributed by atoms with Gasteiger partial charge in [0.2, 0.25) is 5.91 Å². The molecule has 2 aromatic rings. The molecular weight excluding hydrogens is 286 g/mol. The zero-order valence-electron chi connectivity index (χ0n) is 13.3. The molecule has 23 heavy (non-hydrogen) atoms. The van der Waals surface area contributed by atoms with Crippen molar-refractivity contribution in [2.75, 3.05) is 10.2 Å². The first-order valence-electron chi connectivity index (χ1n) is 7.75. The normalized spacial score (nSPS) is 19.6. The smallest absolute Gasteiger partial charge is 0.224 e. The van der Waals surface area contributed by atoms with Crippen molar-refractivity contribution in [1.82, 2.24) is 0 Å². The molecule has 3 rings (SSSR count). The van der Waals surface area contributed by atoms with E-state index in [0.29, 0.717) is 5.56 Å². The van der Waals surface area contributed by atoms with Crippen LogP contribution in [-0.2, 0) is 4.79 Å². The number of anilines is 2. The number of benzene rings is 2. The van der Waals surface area contributed by atoms with E-state index < -0.39 is 0 Å².